The summed E-state index contributed by atoms with van der Waals surface area (Å²) in [6.07, 6.45) is 1.28. The molecule has 0 radical (unpaired) electrons. The van der Waals surface area contributed by atoms with E-state index in [9.17, 15) is 9.90 Å². The van der Waals surface area contributed by atoms with Gasteiger partial charge in [-0.3, -0.25) is 4.90 Å². The van der Waals surface area contributed by atoms with E-state index in [-0.39, 0.29) is 18.8 Å². The summed E-state index contributed by atoms with van der Waals surface area (Å²) in [5.41, 5.74) is 1.02. The molecule has 0 aliphatic carbocycles. The van der Waals surface area contributed by atoms with Crippen molar-refractivity contribution in [2.45, 2.75) is 44.6 Å². The molecule has 1 aromatic heterocycles. The molecule has 2 saturated heterocycles. The number of ether oxygens (including phenoxy) is 3. The summed E-state index contributed by atoms with van der Waals surface area (Å²) in [7, 11) is 0. The number of amides is 1. The topological polar surface area (TPSA) is 106 Å². The third-order valence-electron chi connectivity index (χ3n) is 5.24. The van der Waals surface area contributed by atoms with E-state index in [0.29, 0.717) is 18.4 Å². The highest BCUT2D eigenvalue weighted by Crippen LogP contribution is 2.26. The fraction of sp³-hybridized carbons (Fsp3) is 0.476. The van der Waals surface area contributed by atoms with Gasteiger partial charge in [0.2, 0.25) is 5.95 Å². The van der Waals surface area contributed by atoms with Gasteiger partial charge < -0.3 is 24.6 Å². The molecule has 3 heterocycles. The van der Waals surface area contributed by atoms with Gasteiger partial charge in [-0.15, -0.1) is 0 Å². The number of aromatic nitrogens is 2. The van der Waals surface area contributed by atoms with Crippen molar-refractivity contribution in [3.8, 4) is 5.75 Å². The minimum Gasteiger partial charge on any atom is -0.488 e. The van der Waals surface area contributed by atoms with Crippen molar-refractivity contribution in [2.75, 3.05) is 30.0 Å². The highest BCUT2D eigenvalue weighted by molar-refractivity contribution is 5.89. The van der Waals surface area contributed by atoms with Crippen LogP contribution in [0.2, 0.25) is 0 Å². The molecule has 0 saturated carbocycles. The monoisotopic (exact) mass is 414 g/mol. The number of aliphatic hydroxyl groups excluding tert-OH is 1. The van der Waals surface area contributed by atoms with E-state index in [1.807, 2.05) is 31.2 Å². The van der Waals surface area contributed by atoms with Crippen LogP contribution in [0.5, 0.6) is 5.75 Å². The first-order valence-corrected chi connectivity index (χ1v) is 10.1. The quantitative estimate of drug-likeness (QED) is 0.712. The van der Waals surface area contributed by atoms with E-state index >= 15 is 0 Å². The molecule has 0 spiro atoms. The fourth-order valence-corrected chi connectivity index (χ4v) is 3.54. The van der Waals surface area contributed by atoms with E-state index in [1.54, 1.807) is 19.2 Å². The molecule has 2 N–H and O–H groups in total. The molecule has 0 bridgehead atoms. The molecule has 1 aromatic carbocycles. The van der Waals surface area contributed by atoms with Crippen LogP contribution in [0, 0.1) is 0 Å². The van der Waals surface area contributed by atoms with E-state index in [1.165, 1.54) is 4.90 Å². The van der Waals surface area contributed by atoms with Crippen LogP contribution >= 0.6 is 0 Å². The minimum atomic E-state index is -0.741. The zero-order valence-corrected chi connectivity index (χ0v) is 17.0. The van der Waals surface area contributed by atoms with Gasteiger partial charge in [0.1, 0.15) is 30.3 Å². The van der Waals surface area contributed by atoms with Gasteiger partial charge in [-0.05, 0) is 37.6 Å². The van der Waals surface area contributed by atoms with Gasteiger partial charge in [-0.1, -0.05) is 12.1 Å². The Bertz CT molecular complexity index is 887. The molecule has 30 heavy (non-hydrogen) atoms. The van der Waals surface area contributed by atoms with Gasteiger partial charge in [0.05, 0.1) is 25.4 Å². The fourth-order valence-electron chi connectivity index (χ4n) is 3.54. The minimum absolute atomic E-state index is 0.0885. The Labute approximate surface area is 175 Å². The lowest BCUT2D eigenvalue weighted by Gasteiger charge is -2.23. The molecule has 9 heteroatoms. The van der Waals surface area contributed by atoms with Crippen molar-refractivity contribution in [3.05, 3.63) is 42.1 Å². The van der Waals surface area contributed by atoms with Gasteiger partial charge in [0.15, 0.2) is 0 Å². The van der Waals surface area contributed by atoms with Crippen LogP contribution in [0.25, 0.3) is 0 Å². The number of hydrogen-bond donors (Lipinski definition) is 2. The second-order valence-electron chi connectivity index (χ2n) is 7.54. The maximum Gasteiger partial charge on any atom is 0.416 e. The highest BCUT2D eigenvalue weighted by atomic mass is 16.6. The number of hydrogen-bond acceptors (Lipinski definition) is 8. The Morgan fingerprint density at radius 3 is 2.93 bits per heavy atom. The lowest BCUT2D eigenvalue weighted by Crippen LogP contribution is -2.41. The third-order valence-corrected chi connectivity index (χ3v) is 5.24. The lowest BCUT2D eigenvalue weighted by molar-refractivity contribution is 0.141. The van der Waals surface area contributed by atoms with Crippen LogP contribution in [0.3, 0.4) is 0 Å². The number of carbonyl (C=O) groups is 1. The normalized spacial score (nSPS) is 23.2. The molecular formula is C21H26N4O5. The number of nitrogens with one attached hydrogen (secondary N) is 1. The molecule has 2 fully saturated rings. The summed E-state index contributed by atoms with van der Waals surface area (Å²) in [6.45, 7) is 5.09. The van der Waals surface area contributed by atoms with Crippen molar-refractivity contribution in [2.24, 2.45) is 0 Å². The first kappa shape index (κ1) is 20.4. The van der Waals surface area contributed by atoms with Crippen LogP contribution in [0.4, 0.5) is 16.6 Å². The number of nitrogens with zero attached hydrogens (tertiary/aromatic N) is 3. The Morgan fingerprint density at radius 2 is 2.17 bits per heavy atom. The zero-order chi connectivity index (χ0) is 21.1. The molecule has 2 aromatic rings. The van der Waals surface area contributed by atoms with Crippen molar-refractivity contribution >= 4 is 17.9 Å². The van der Waals surface area contributed by atoms with Gasteiger partial charge in [0, 0.05) is 12.6 Å². The van der Waals surface area contributed by atoms with Gasteiger partial charge >= 0.3 is 6.09 Å². The molecule has 4 rings (SSSR count). The van der Waals surface area contributed by atoms with Crippen molar-refractivity contribution < 1.29 is 24.1 Å². The second kappa shape index (κ2) is 8.85. The Balaban J connectivity index is 1.47. The van der Waals surface area contributed by atoms with E-state index < -0.39 is 18.2 Å². The van der Waals surface area contributed by atoms with Gasteiger partial charge in [-0.25, -0.2) is 9.78 Å². The SMILES string of the molecule is C[C@H](Nc1nccc(N2C(=O)OCC2[C@@H](C)O)n1)c1cccc(OC2CCOC2)c1. The predicted molar refractivity (Wildman–Crippen MR) is 110 cm³/mol. The van der Waals surface area contributed by atoms with Crippen molar-refractivity contribution in [3.63, 3.8) is 0 Å². The van der Waals surface area contributed by atoms with Crippen LogP contribution in [0.15, 0.2) is 36.5 Å². The van der Waals surface area contributed by atoms with Gasteiger partial charge in [-0.2, -0.15) is 4.98 Å². The summed E-state index contributed by atoms with van der Waals surface area (Å²) in [5, 5.41) is 13.2. The second-order valence-corrected chi connectivity index (χ2v) is 7.54. The first-order valence-electron chi connectivity index (χ1n) is 10.1. The Hall–Kier alpha value is -2.91. The number of rotatable bonds is 7. The zero-order valence-electron chi connectivity index (χ0n) is 17.0. The molecule has 4 atom stereocenters. The Morgan fingerprint density at radius 1 is 1.30 bits per heavy atom. The number of carbonyl (C=O) groups excluding carboxylic acids is 1. The molecular weight excluding hydrogens is 388 g/mol. The molecule has 2 aliphatic heterocycles. The van der Waals surface area contributed by atoms with E-state index in [0.717, 1.165) is 24.3 Å². The maximum absolute atomic E-state index is 12.1. The number of anilines is 2. The standard InChI is InChI=1S/C21H26N4O5/c1-13(15-4-3-5-16(10-15)30-17-7-9-28-11-17)23-20-22-8-6-19(24-20)25-18(14(2)26)12-29-21(25)27/h3-6,8,10,13-14,17-18,26H,7,9,11-12H2,1-2H3,(H,22,23,24)/t13-,14+,17?,18?/m0/s1. The Kier molecular flexibility index (Phi) is 6.01. The highest BCUT2D eigenvalue weighted by Gasteiger charge is 2.38. The van der Waals surface area contributed by atoms with Crippen LogP contribution < -0.4 is 15.0 Å². The van der Waals surface area contributed by atoms with E-state index in [2.05, 4.69) is 15.3 Å². The van der Waals surface area contributed by atoms with E-state index in [4.69, 9.17) is 14.2 Å². The first-order chi connectivity index (χ1) is 14.5. The average Bonchev–Trinajstić information content (AvgIpc) is 3.38. The molecule has 2 aliphatic rings. The summed E-state index contributed by atoms with van der Waals surface area (Å²) in [4.78, 5) is 22.2. The summed E-state index contributed by atoms with van der Waals surface area (Å²) in [5.74, 6) is 1.55. The maximum atomic E-state index is 12.1. The molecule has 9 nitrogen and oxygen atoms in total. The number of benzene rings is 1. The summed E-state index contributed by atoms with van der Waals surface area (Å²) >= 11 is 0. The van der Waals surface area contributed by atoms with Crippen LogP contribution in [0.1, 0.15) is 31.9 Å². The van der Waals surface area contributed by atoms with Crippen LogP contribution in [-0.4, -0.2) is 59.2 Å². The predicted octanol–water partition coefficient (Wildman–Crippen LogP) is 2.52. The van der Waals surface area contributed by atoms with Crippen LogP contribution in [-0.2, 0) is 9.47 Å². The molecule has 160 valence electrons. The molecule has 1 amide bonds. The smallest absolute Gasteiger partial charge is 0.416 e. The van der Waals surface area contributed by atoms with Crippen molar-refractivity contribution in [1.29, 1.82) is 0 Å². The third kappa shape index (κ3) is 4.47. The average molecular weight is 414 g/mol. The lowest BCUT2D eigenvalue weighted by atomic mass is 10.1. The summed E-state index contributed by atoms with van der Waals surface area (Å²) in [6, 6.07) is 8.91. The summed E-state index contributed by atoms with van der Waals surface area (Å²) < 4.78 is 16.4. The largest absolute Gasteiger partial charge is 0.488 e. The molecule has 2 unspecified atom stereocenters. The number of cyclic esters (lactones) is 1. The number of aliphatic hydroxyl groups is 1. The van der Waals surface area contributed by atoms with Gasteiger partial charge in [0.25, 0.3) is 0 Å². The van der Waals surface area contributed by atoms with Crippen molar-refractivity contribution in [1.82, 2.24) is 9.97 Å².